The van der Waals surface area contributed by atoms with Crippen molar-refractivity contribution in [2.24, 2.45) is 5.73 Å². The third-order valence-electron chi connectivity index (χ3n) is 2.82. The molecule has 0 radical (unpaired) electrons. The number of nitrogens with two attached hydrogens (primary N) is 1. The molecule has 0 saturated carbocycles. The fourth-order valence-electron chi connectivity index (χ4n) is 2.03. The van der Waals surface area contributed by atoms with E-state index in [1.807, 2.05) is 18.5 Å². The van der Waals surface area contributed by atoms with Gasteiger partial charge in [-0.15, -0.1) is 0 Å². The molecule has 0 aliphatic heterocycles. The normalized spacial score (nSPS) is 10.7. The van der Waals surface area contributed by atoms with Crippen LogP contribution < -0.4 is 5.73 Å². The Balaban J connectivity index is 2.63. The maximum absolute atomic E-state index is 5.78. The smallest absolute Gasteiger partial charge is 0.112 e. The van der Waals surface area contributed by atoms with E-state index in [9.17, 15) is 0 Å². The monoisotopic (exact) mass is 215 g/mol. The van der Waals surface area contributed by atoms with Crippen LogP contribution in [0.15, 0.2) is 30.6 Å². The predicted molar refractivity (Wildman–Crippen MR) is 65.6 cm³/mol. The molecule has 0 spiro atoms. The van der Waals surface area contributed by atoms with Gasteiger partial charge in [0.25, 0.3) is 0 Å². The van der Waals surface area contributed by atoms with E-state index in [0.29, 0.717) is 6.54 Å². The van der Waals surface area contributed by atoms with Gasteiger partial charge in [-0.3, -0.25) is 0 Å². The van der Waals surface area contributed by atoms with Crippen LogP contribution in [0.25, 0.3) is 5.69 Å². The highest BCUT2D eigenvalue weighted by Crippen LogP contribution is 2.20. The molecule has 0 aliphatic carbocycles. The lowest BCUT2D eigenvalue weighted by atomic mass is 10.1. The average Bonchev–Trinajstić information content (AvgIpc) is 2.76. The highest BCUT2D eigenvalue weighted by atomic mass is 15.1. The van der Waals surface area contributed by atoms with Crippen molar-refractivity contribution in [2.75, 3.05) is 0 Å². The van der Waals surface area contributed by atoms with E-state index >= 15 is 0 Å². The van der Waals surface area contributed by atoms with Gasteiger partial charge in [0, 0.05) is 25.4 Å². The fourth-order valence-corrected chi connectivity index (χ4v) is 2.03. The van der Waals surface area contributed by atoms with E-state index in [1.54, 1.807) is 0 Å². The number of rotatable bonds is 3. The van der Waals surface area contributed by atoms with Gasteiger partial charge < -0.3 is 10.3 Å². The van der Waals surface area contributed by atoms with Crippen molar-refractivity contribution < 1.29 is 0 Å². The largest absolute Gasteiger partial charge is 0.326 e. The summed E-state index contributed by atoms with van der Waals surface area (Å²) in [4.78, 5) is 4.35. The molecule has 0 fully saturated rings. The van der Waals surface area contributed by atoms with Gasteiger partial charge in [-0.05, 0) is 18.1 Å². The van der Waals surface area contributed by atoms with Crippen molar-refractivity contribution in [2.45, 2.75) is 26.8 Å². The zero-order valence-electron chi connectivity index (χ0n) is 9.77. The van der Waals surface area contributed by atoms with Gasteiger partial charge in [-0.1, -0.05) is 25.1 Å². The Morgan fingerprint density at radius 2 is 2.19 bits per heavy atom. The van der Waals surface area contributed by atoms with Crippen molar-refractivity contribution in [1.29, 1.82) is 0 Å². The first kappa shape index (κ1) is 10.9. The highest BCUT2D eigenvalue weighted by Gasteiger charge is 2.09. The summed E-state index contributed by atoms with van der Waals surface area (Å²) in [7, 11) is 0. The van der Waals surface area contributed by atoms with Gasteiger partial charge >= 0.3 is 0 Å². The minimum atomic E-state index is 0.554. The van der Waals surface area contributed by atoms with Crippen LogP contribution in [0.2, 0.25) is 0 Å². The van der Waals surface area contributed by atoms with Crippen LogP contribution in [-0.2, 0) is 13.0 Å². The van der Waals surface area contributed by atoms with Crippen molar-refractivity contribution in [3.8, 4) is 5.69 Å². The van der Waals surface area contributed by atoms with Gasteiger partial charge in [0.15, 0.2) is 0 Å². The molecule has 0 amide bonds. The first-order chi connectivity index (χ1) is 7.77. The van der Waals surface area contributed by atoms with E-state index in [2.05, 4.69) is 35.5 Å². The van der Waals surface area contributed by atoms with Gasteiger partial charge in [0.05, 0.1) is 5.69 Å². The Morgan fingerprint density at radius 1 is 1.38 bits per heavy atom. The van der Waals surface area contributed by atoms with Gasteiger partial charge in [0.2, 0.25) is 0 Å². The first-order valence-electron chi connectivity index (χ1n) is 5.59. The molecule has 0 bridgehead atoms. The summed E-state index contributed by atoms with van der Waals surface area (Å²) in [5, 5.41) is 0. The number of hydrogen-bond donors (Lipinski definition) is 1. The fraction of sp³-hybridized carbons (Fsp3) is 0.308. The number of benzene rings is 1. The minimum Gasteiger partial charge on any atom is -0.326 e. The van der Waals surface area contributed by atoms with Crippen LogP contribution in [0.3, 0.4) is 0 Å². The molecule has 2 aromatic rings. The molecule has 0 aliphatic rings. The van der Waals surface area contributed by atoms with E-state index in [4.69, 9.17) is 5.73 Å². The van der Waals surface area contributed by atoms with Crippen molar-refractivity contribution in [3.05, 3.63) is 47.5 Å². The van der Waals surface area contributed by atoms with Crippen LogP contribution in [0.4, 0.5) is 0 Å². The second kappa shape index (κ2) is 4.49. The second-order valence-corrected chi connectivity index (χ2v) is 3.85. The van der Waals surface area contributed by atoms with Crippen LogP contribution in [0.5, 0.6) is 0 Å². The Hall–Kier alpha value is -1.61. The van der Waals surface area contributed by atoms with Crippen molar-refractivity contribution in [1.82, 2.24) is 9.55 Å². The third kappa shape index (κ3) is 1.74. The quantitative estimate of drug-likeness (QED) is 0.853. The van der Waals surface area contributed by atoms with Gasteiger partial charge in [-0.2, -0.15) is 0 Å². The molecular weight excluding hydrogens is 198 g/mol. The summed E-state index contributed by atoms with van der Waals surface area (Å²) in [6.45, 7) is 4.77. The van der Waals surface area contributed by atoms with Crippen LogP contribution >= 0.6 is 0 Å². The van der Waals surface area contributed by atoms with E-state index in [1.165, 1.54) is 11.3 Å². The number of imidazole rings is 1. The number of aryl methyl sites for hydroxylation is 2. The number of para-hydroxylation sites is 1. The molecule has 0 atom stereocenters. The average molecular weight is 215 g/mol. The maximum Gasteiger partial charge on any atom is 0.112 e. The van der Waals surface area contributed by atoms with E-state index in [0.717, 1.165) is 17.8 Å². The summed E-state index contributed by atoms with van der Waals surface area (Å²) < 4.78 is 2.14. The molecule has 3 heteroatoms. The molecule has 1 aromatic heterocycles. The molecule has 1 heterocycles. The molecule has 84 valence electrons. The number of nitrogens with zero attached hydrogens (tertiary/aromatic N) is 2. The van der Waals surface area contributed by atoms with Crippen LogP contribution in [0, 0.1) is 6.92 Å². The molecule has 3 nitrogen and oxygen atoms in total. The maximum atomic E-state index is 5.78. The van der Waals surface area contributed by atoms with Crippen LogP contribution in [-0.4, -0.2) is 9.55 Å². The Morgan fingerprint density at radius 3 is 2.88 bits per heavy atom. The molecule has 0 unspecified atom stereocenters. The Bertz CT molecular complexity index is 486. The van der Waals surface area contributed by atoms with Crippen LogP contribution in [0.1, 0.15) is 23.9 Å². The van der Waals surface area contributed by atoms with Gasteiger partial charge in [0.1, 0.15) is 5.82 Å². The molecule has 0 saturated heterocycles. The Labute approximate surface area is 95.9 Å². The summed E-state index contributed by atoms with van der Waals surface area (Å²) in [5.74, 6) is 1.07. The third-order valence-corrected chi connectivity index (χ3v) is 2.82. The standard InChI is InChI=1S/C13H17N3/c1-3-12-15-7-8-16(12)13-10(2)5-4-6-11(13)9-14/h4-8H,3,9,14H2,1-2H3. The number of hydrogen-bond acceptors (Lipinski definition) is 2. The zero-order valence-corrected chi connectivity index (χ0v) is 9.77. The molecule has 2 rings (SSSR count). The topological polar surface area (TPSA) is 43.8 Å². The molecule has 1 aromatic carbocycles. The lowest BCUT2D eigenvalue weighted by Gasteiger charge is -2.14. The molecular formula is C13H17N3. The SMILES string of the molecule is CCc1nccn1-c1c(C)cccc1CN. The summed E-state index contributed by atoms with van der Waals surface area (Å²) in [6, 6.07) is 6.22. The van der Waals surface area contributed by atoms with E-state index in [-0.39, 0.29) is 0 Å². The second-order valence-electron chi connectivity index (χ2n) is 3.85. The lowest BCUT2D eigenvalue weighted by molar-refractivity contribution is 0.869. The summed E-state index contributed by atoms with van der Waals surface area (Å²) in [5.41, 5.74) is 9.36. The minimum absolute atomic E-state index is 0.554. The van der Waals surface area contributed by atoms with E-state index < -0.39 is 0 Å². The lowest BCUT2D eigenvalue weighted by Crippen LogP contribution is -2.08. The Kier molecular flexibility index (Phi) is 3.06. The predicted octanol–water partition coefficient (Wildman–Crippen LogP) is 2.20. The van der Waals surface area contributed by atoms with Crippen molar-refractivity contribution in [3.63, 3.8) is 0 Å². The van der Waals surface area contributed by atoms with Crippen molar-refractivity contribution >= 4 is 0 Å². The first-order valence-corrected chi connectivity index (χ1v) is 5.59. The molecule has 16 heavy (non-hydrogen) atoms. The zero-order chi connectivity index (χ0) is 11.5. The van der Waals surface area contributed by atoms with Gasteiger partial charge in [-0.25, -0.2) is 4.98 Å². The summed E-state index contributed by atoms with van der Waals surface area (Å²) >= 11 is 0. The highest BCUT2D eigenvalue weighted by molar-refractivity contribution is 5.48. The summed E-state index contributed by atoms with van der Waals surface area (Å²) in [6.07, 6.45) is 4.76. The molecule has 2 N–H and O–H groups in total. The number of aromatic nitrogens is 2.